The highest BCUT2D eigenvalue weighted by molar-refractivity contribution is 6.00. The molecule has 0 aliphatic carbocycles. The maximum absolute atomic E-state index is 13.5. The Bertz CT molecular complexity index is 2370. The molecule has 2 aromatic carbocycles. The van der Waals surface area contributed by atoms with E-state index >= 15 is 0 Å². The highest BCUT2D eigenvalue weighted by atomic mass is 19.1. The van der Waals surface area contributed by atoms with E-state index in [1.54, 1.807) is 31.5 Å². The van der Waals surface area contributed by atoms with Crippen LogP contribution in [0.3, 0.4) is 0 Å². The van der Waals surface area contributed by atoms with Crippen molar-refractivity contribution in [2.75, 3.05) is 39.4 Å². The van der Waals surface area contributed by atoms with Gasteiger partial charge in [0.2, 0.25) is 11.8 Å². The first-order chi connectivity index (χ1) is 29.3. The number of aromatic nitrogens is 4. The lowest BCUT2D eigenvalue weighted by molar-refractivity contribution is 0.0287. The summed E-state index contributed by atoms with van der Waals surface area (Å²) >= 11 is 0. The number of carboxylic acids is 1. The molecular weight excluding hydrogens is 783 g/mol. The third-order valence-electron chi connectivity index (χ3n) is 10.9. The van der Waals surface area contributed by atoms with Crippen molar-refractivity contribution in [2.24, 2.45) is 0 Å². The van der Waals surface area contributed by atoms with Crippen molar-refractivity contribution < 1.29 is 33.0 Å². The first-order valence-electron chi connectivity index (χ1n) is 20.8. The Kier molecular flexibility index (Phi) is 15.1. The molecule has 2 aliphatic heterocycles. The van der Waals surface area contributed by atoms with Crippen LogP contribution in [0.4, 0.5) is 8.78 Å². The van der Waals surface area contributed by atoms with Gasteiger partial charge in [0.25, 0.3) is 5.91 Å². The molecule has 0 bridgehead atoms. The number of carbonyl (C=O) groups excluding carboxylic acids is 1. The summed E-state index contributed by atoms with van der Waals surface area (Å²) in [5.41, 5.74) is 4.17. The highest BCUT2D eigenvalue weighted by Gasteiger charge is 2.34. The van der Waals surface area contributed by atoms with Gasteiger partial charge in [0.1, 0.15) is 34.1 Å². The first-order valence-corrected chi connectivity index (χ1v) is 20.8. The fraction of sp³-hybridized carbons (Fsp3) is 0.391. The van der Waals surface area contributed by atoms with E-state index in [1.165, 1.54) is 29.8 Å². The Morgan fingerprint density at radius 3 is 1.69 bits per heavy atom. The number of nitrogens with zero attached hydrogens (tertiary/aromatic N) is 5. The molecule has 8 rings (SSSR count). The molecule has 2 fully saturated rings. The number of aromatic carboxylic acids is 1. The molecule has 6 heterocycles. The molecule has 0 saturated carbocycles. The van der Waals surface area contributed by atoms with Crippen molar-refractivity contribution in [1.29, 1.82) is 0 Å². The van der Waals surface area contributed by atoms with Crippen LogP contribution in [0, 0.1) is 11.6 Å². The Hall–Kier alpha value is -5.90. The van der Waals surface area contributed by atoms with E-state index in [9.17, 15) is 18.4 Å². The number of pyridine rings is 2. The number of benzene rings is 2. The molecule has 324 valence electrons. The average Bonchev–Trinajstić information content (AvgIpc) is 3.91. The predicted molar refractivity (Wildman–Crippen MR) is 232 cm³/mol. The fourth-order valence-electron chi connectivity index (χ4n) is 7.55. The minimum atomic E-state index is -1.03. The van der Waals surface area contributed by atoms with Crippen molar-refractivity contribution >= 4 is 33.9 Å². The zero-order valence-electron chi connectivity index (χ0n) is 35.6. The average molecular weight is 839 g/mol. The van der Waals surface area contributed by atoms with E-state index < -0.39 is 5.97 Å². The van der Waals surface area contributed by atoms with E-state index in [4.69, 9.17) is 14.6 Å². The predicted octanol–water partition coefficient (Wildman–Crippen LogP) is 7.50. The minimum Gasteiger partial charge on any atom is -0.477 e. The normalized spacial score (nSPS) is 19.4. The summed E-state index contributed by atoms with van der Waals surface area (Å²) in [7, 11) is 0. The van der Waals surface area contributed by atoms with Gasteiger partial charge < -0.3 is 34.8 Å². The number of nitrogens with one attached hydrogen (secondary N) is 3. The van der Waals surface area contributed by atoms with Gasteiger partial charge in [0.15, 0.2) is 0 Å². The topological polar surface area (TPSA) is 152 Å². The zero-order chi connectivity index (χ0) is 43.6. The molecule has 0 spiro atoms. The number of hydrogen-bond donors (Lipinski definition) is 4. The molecule has 13 nitrogen and oxygen atoms in total. The second-order valence-electron chi connectivity index (χ2n) is 15.6. The number of hydrogen-bond acceptors (Lipinski definition) is 9. The summed E-state index contributed by atoms with van der Waals surface area (Å²) < 4.78 is 36.8. The van der Waals surface area contributed by atoms with Crippen LogP contribution in [0.5, 0.6) is 11.8 Å². The first kappa shape index (κ1) is 44.6. The van der Waals surface area contributed by atoms with Gasteiger partial charge in [-0.3, -0.25) is 14.6 Å². The van der Waals surface area contributed by atoms with Crippen LogP contribution >= 0.6 is 0 Å². The number of carboxylic acid groups (broad SMARTS) is 1. The lowest BCUT2D eigenvalue weighted by atomic mass is 10.0. The fourth-order valence-corrected chi connectivity index (χ4v) is 7.55. The summed E-state index contributed by atoms with van der Waals surface area (Å²) in [6, 6.07) is 21.8. The van der Waals surface area contributed by atoms with Crippen LogP contribution in [0.15, 0.2) is 85.2 Å². The summed E-state index contributed by atoms with van der Waals surface area (Å²) in [6.45, 7) is 18.2. The molecule has 4 N–H and O–H groups in total. The number of fused-ring (bicyclic) bond motifs is 2. The van der Waals surface area contributed by atoms with Gasteiger partial charge in [0.05, 0.1) is 13.2 Å². The van der Waals surface area contributed by atoms with Gasteiger partial charge in [-0.15, -0.1) is 0 Å². The van der Waals surface area contributed by atoms with Crippen LogP contribution < -0.4 is 14.8 Å². The quantitative estimate of drug-likeness (QED) is 0.109. The Labute approximate surface area is 355 Å². The Balaban J connectivity index is 0.000000169. The number of amides is 1. The number of piperazine rings is 2. The number of ether oxygens (including phenoxy) is 2. The van der Waals surface area contributed by atoms with Gasteiger partial charge in [-0.1, -0.05) is 24.3 Å². The van der Waals surface area contributed by atoms with Crippen LogP contribution in [-0.2, 0) is 13.1 Å². The van der Waals surface area contributed by atoms with Crippen molar-refractivity contribution in [3.8, 4) is 11.8 Å². The number of rotatable bonds is 10. The third-order valence-corrected chi connectivity index (χ3v) is 10.9. The molecule has 2 aliphatic rings. The van der Waals surface area contributed by atoms with Gasteiger partial charge in [-0.25, -0.2) is 13.6 Å². The van der Waals surface area contributed by atoms with E-state index in [0.717, 1.165) is 49.1 Å². The molecule has 15 heteroatoms. The smallest absolute Gasteiger partial charge is 0.341 e. The second kappa shape index (κ2) is 20.6. The van der Waals surface area contributed by atoms with Gasteiger partial charge in [-0.05, 0) is 101 Å². The molecule has 0 unspecified atom stereocenters. The molecule has 6 aromatic rings. The van der Waals surface area contributed by atoms with Gasteiger partial charge in [-0.2, -0.15) is 9.97 Å². The van der Waals surface area contributed by atoms with Crippen LogP contribution in [0.2, 0.25) is 0 Å². The number of aromatic amines is 2. The van der Waals surface area contributed by atoms with Gasteiger partial charge in [0, 0.05) is 86.6 Å². The lowest BCUT2D eigenvalue weighted by Gasteiger charge is -2.44. The number of H-pyrrole nitrogens is 2. The Morgan fingerprint density at radius 1 is 0.689 bits per heavy atom. The van der Waals surface area contributed by atoms with Crippen molar-refractivity contribution in [3.05, 3.63) is 119 Å². The minimum absolute atomic E-state index is 0.0329. The SMILES string of the molecule is CCOc1nc2[nH]ccc2cc1C(=O)N1C[C@H](C)N(Cc2ccc(F)cc2)C[C@H]1C.CCOc1nc2[nH]ccc2cc1C(=O)O.C[C@@H]1CN(Cc2ccc(F)cc2)[C@@H](C)CN1. The van der Waals surface area contributed by atoms with Crippen LogP contribution in [-0.4, -0.2) is 115 Å². The second-order valence-corrected chi connectivity index (χ2v) is 15.6. The molecule has 2 saturated heterocycles. The molecule has 61 heavy (non-hydrogen) atoms. The van der Waals surface area contributed by atoms with Crippen LogP contribution in [0.1, 0.15) is 73.4 Å². The zero-order valence-corrected chi connectivity index (χ0v) is 35.6. The van der Waals surface area contributed by atoms with E-state index in [0.29, 0.717) is 54.6 Å². The number of halogens is 2. The van der Waals surface area contributed by atoms with E-state index in [2.05, 4.69) is 62.7 Å². The lowest BCUT2D eigenvalue weighted by Crippen LogP contribution is -2.57. The highest BCUT2D eigenvalue weighted by Crippen LogP contribution is 2.27. The Morgan fingerprint density at radius 2 is 1.18 bits per heavy atom. The largest absolute Gasteiger partial charge is 0.477 e. The van der Waals surface area contributed by atoms with E-state index in [-0.39, 0.29) is 41.1 Å². The van der Waals surface area contributed by atoms with Crippen molar-refractivity contribution in [2.45, 2.75) is 78.8 Å². The summed E-state index contributed by atoms with van der Waals surface area (Å²) in [4.78, 5) is 45.6. The van der Waals surface area contributed by atoms with Crippen molar-refractivity contribution in [3.63, 3.8) is 0 Å². The van der Waals surface area contributed by atoms with E-state index in [1.807, 2.05) is 48.2 Å². The van der Waals surface area contributed by atoms with Gasteiger partial charge >= 0.3 is 5.97 Å². The molecule has 4 aromatic heterocycles. The molecule has 4 atom stereocenters. The molecular formula is C46H56F2N8O5. The monoisotopic (exact) mass is 838 g/mol. The maximum Gasteiger partial charge on any atom is 0.341 e. The third kappa shape index (κ3) is 11.5. The molecule has 0 radical (unpaired) electrons. The summed E-state index contributed by atoms with van der Waals surface area (Å²) in [5.74, 6) is -0.964. The van der Waals surface area contributed by atoms with Crippen LogP contribution in [0.25, 0.3) is 22.1 Å². The van der Waals surface area contributed by atoms with Crippen molar-refractivity contribution in [1.82, 2.24) is 40.0 Å². The number of carbonyl (C=O) groups is 2. The standard InChI is InChI=1S/C23H27FN4O2.C13H19FN2.C10H10N2O3/c1-4-30-22-20(11-18-9-10-25-21(18)26-22)23(29)28-13-15(2)27(12-16(28)3)14-17-5-7-19(24)8-6-17;1-10-8-16(11(2)7-15-10)9-12-3-5-13(14)6-4-12;1-2-15-9-7(10(13)14)5-6-3-4-11-8(6)12-9/h5-11,15-16H,4,12-14H2,1-3H3,(H,25,26);3-6,10-11,15H,7-9H2,1-2H3;3-5H,2H2,1H3,(H,11,12)(H,13,14)/t15-,16+;10-,11+;/m01./s1. The maximum atomic E-state index is 13.5. The summed E-state index contributed by atoms with van der Waals surface area (Å²) in [5, 5.41) is 14.1. The summed E-state index contributed by atoms with van der Waals surface area (Å²) in [6.07, 6.45) is 3.51. The molecule has 1 amide bonds.